The van der Waals surface area contributed by atoms with Gasteiger partial charge in [-0.1, -0.05) is 36.1 Å². The Morgan fingerprint density at radius 1 is 1.39 bits per heavy atom. The summed E-state index contributed by atoms with van der Waals surface area (Å²) in [6.45, 7) is 5.03. The van der Waals surface area contributed by atoms with Gasteiger partial charge in [-0.15, -0.1) is 0 Å². The molecule has 0 aromatic carbocycles. The Morgan fingerprint density at radius 3 is 2.64 bits per heavy atom. The first-order valence-electron chi connectivity index (χ1n) is 9.13. The summed E-state index contributed by atoms with van der Waals surface area (Å²) in [4.78, 5) is 0. The lowest BCUT2D eigenvalue weighted by atomic mass is 9.86. The first kappa shape index (κ1) is 24.2. The van der Waals surface area contributed by atoms with E-state index in [-0.39, 0.29) is 24.9 Å². The largest absolute Gasteiger partial charge is 0.534 e. The maximum atomic E-state index is 12.5. The third-order valence-electron chi connectivity index (χ3n) is 5.25. The van der Waals surface area contributed by atoms with Crippen LogP contribution in [0.2, 0.25) is 0 Å². The lowest BCUT2D eigenvalue weighted by Crippen LogP contribution is -2.50. The molecule has 0 amide bonds. The van der Waals surface area contributed by atoms with Crippen molar-refractivity contribution in [3.8, 4) is 0 Å². The summed E-state index contributed by atoms with van der Waals surface area (Å²) in [5.74, 6) is -1.08. The zero-order valence-electron chi connectivity index (χ0n) is 15.6. The maximum absolute atomic E-state index is 12.5. The van der Waals surface area contributed by atoms with E-state index in [4.69, 9.17) is 14.6 Å². The Kier molecular flexibility index (Phi) is 8.07. The molecule has 0 aliphatic carbocycles. The summed E-state index contributed by atoms with van der Waals surface area (Å²) in [5.41, 5.74) is -5.95. The van der Waals surface area contributed by atoms with Crippen LogP contribution >= 0.6 is 22.6 Å². The Bertz CT molecular complexity index is 656. The van der Waals surface area contributed by atoms with E-state index in [0.717, 1.165) is 12.8 Å². The highest BCUT2D eigenvalue weighted by Crippen LogP contribution is 2.45. The zero-order chi connectivity index (χ0) is 21.2. The number of ether oxygens (including phenoxy) is 2. The van der Waals surface area contributed by atoms with Crippen LogP contribution < -0.4 is 0 Å². The minimum absolute atomic E-state index is 0.0123. The third kappa shape index (κ3) is 5.52. The molecule has 5 unspecified atom stereocenters. The molecule has 0 bridgehead atoms. The molecule has 2 aliphatic heterocycles. The van der Waals surface area contributed by atoms with E-state index in [1.54, 1.807) is 6.92 Å². The average Bonchev–Trinajstić information content (AvgIpc) is 2.96. The van der Waals surface area contributed by atoms with Crippen molar-refractivity contribution in [3.63, 3.8) is 0 Å². The minimum atomic E-state index is -5.71. The van der Waals surface area contributed by atoms with Gasteiger partial charge in [0.25, 0.3) is 0 Å². The van der Waals surface area contributed by atoms with Gasteiger partial charge in [0.1, 0.15) is 11.4 Å². The van der Waals surface area contributed by atoms with Crippen LogP contribution in [0.4, 0.5) is 13.2 Å². The van der Waals surface area contributed by atoms with Crippen molar-refractivity contribution in [3.05, 3.63) is 12.3 Å². The lowest BCUT2D eigenvalue weighted by molar-refractivity contribution is -0.156. The van der Waals surface area contributed by atoms with Gasteiger partial charge in [-0.05, 0) is 32.1 Å². The fourth-order valence-corrected chi connectivity index (χ4v) is 5.25. The van der Waals surface area contributed by atoms with Gasteiger partial charge < -0.3 is 18.8 Å². The summed E-state index contributed by atoms with van der Waals surface area (Å²) in [6.07, 6.45) is 3.52. The number of fused-ring (bicyclic) bond motifs is 1. The number of alkyl halides is 4. The van der Waals surface area contributed by atoms with E-state index >= 15 is 0 Å². The first-order valence-corrected chi connectivity index (χ1v) is 12.1. The lowest BCUT2D eigenvalue weighted by Gasteiger charge is -2.41. The average molecular weight is 542 g/mol. The fourth-order valence-electron chi connectivity index (χ4n) is 3.73. The molecule has 5 atom stereocenters. The predicted octanol–water partition coefficient (Wildman–Crippen LogP) is 3.68. The van der Waals surface area contributed by atoms with Crippen LogP contribution in [0.15, 0.2) is 12.3 Å². The molecule has 164 valence electrons. The van der Waals surface area contributed by atoms with Crippen molar-refractivity contribution >= 4 is 32.7 Å². The molecule has 1 N–H and O–H groups in total. The molecule has 0 radical (unpaired) electrons. The highest BCUT2D eigenvalue weighted by atomic mass is 127. The maximum Gasteiger partial charge on any atom is 0.534 e. The normalized spacial score (nSPS) is 32.0. The van der Waals surface area contributed by atoms with Gasteiger partial charge in [-0.2, -0.15) is 21.6 Å². The second kappa shape index (κ2) is 9.36. The van der Waals surface area contributed by atoms with Crippen LogP contribution in [0.25, 0.3) is 0 Å². The summed E-state index contributed by atoms with van der Waals surface area (Å²) < 4.78 is 77.0. The minimum Gasteiger partial charge on any atom is -0.396 e. The monoisotopic (exact) mass is 542 g/mol. The third-order valence-corrected chi connectivity index (χ3v) is 7.54. The molecule has 0 spiro atoms. The topological polar surface area (TPSA) is 82.1 Å². The van der Waals surface area contributed by atoms with E-state index in [1.165, 1.54) is 0 Å². The number of allylic oxidation sites excluding steroid dienone is 1. The van der Waals surface area contributed by atoms with Gasteiger partial charge in [0.05, 0.1) is 18.3 Å². The second-order valence-electron chi connectivity index (χ2n) is 7.42. The van der Waals surface area contributed by atoms with Gasteiger partial charge in [0.2, 0.25) is 0 Å². The smallest absolute Gasteiger partial charge is 0.396 e. The molecule has 2 aliphatic rings. The molecule has 2 rings (SSSR count). The molecule has 0 aromatic rings. The van der Waals surface area contributed by atoms with Crippen LogP contribution in [0.3, 0.4) is 0 Å². The molecule has 11 heteroatoms. The van der Waals surface area contributed by atoms with E-state index in [9.17, 15) is 21.6 Å². The van der Waals surface area contributed by atoms with Gasteiger partial charge in [-0.25, -0.2) is 0 Å². The van der Waals surface area contributed by atoms with E-state index < -0.39 is 32.9 Å². The zero-order valence-corrected chi connectivity index (χ0v) is 18.6. The van der Waals surface area contributed by atoms with Crippen molar-refractivity contribution in [2.75, 3.05) is 11.0 Å². The summed E-state index contributed by atoms with van der Waals surface area (Å²) >= 11 is 2.25. The van der Waals surface area contributed by atoms with Crippen LogP contribution in [0.1, 0.15) is 45.4 Å². The molecule has 2 saturated heterocycles. The van der Waals surface area contributed by atoms with Crippen molar-refractivity contribution in [1.82, 2.24) is 0 Å². The van der Waals surface area contributed by atoms with Gasteiger partial charge in [0.15, 0.2) is 0 Å². The standard InChI is InChI=1S/C17H26F3IO6S/c1-11(12(2)27-28(23,24)17(18,19)20)8-13-5-6-15-16(10-21,26-13)9-14(25-15)4-3-7-22/h11,13-15,22H,2-10H2,1H3. The molecule has 28 heavy (non-hydrogen) atoms. The fraction of sp³-hybridized carbons (Fsp3) is 0.882. The molecule has 2 fully saturated rings. The summed E-state index contributed by atoms with van der Waals surface area (Å²) in [7, 11) is -5.71. The number of aliphatic hydroxyl groups excluding tert-OH is 1. The van der Waals surface area contributed by atoms with Crippen LogP contribution in [0, 0.1) is 5.92 Å². The van der Waals surface area contributed by atoms with E-state index in [2.05, 4.69) is 33.4 Å². The highest BCUT2D eigenvalue weighted by Gasteiger charge is 2.52. The van der Waals surface area contributed by atoms with Crippen LogP contribution in [-0.2, 0) is 23.8 Å². The van der Waals surface area contributed by atoms with Gasteiger partial charge >= 0.3 is 15.6 Å². The Morgan fingerprint density at radius 2 is 2.07 bits per heavy atom. The van der Waals surface area contributed by atoms with E-state index in [0.29, 0.717) is 30.1 Å². The molecule has 6 nitrogen and oxygen atoms in total. The molecule has 0 aromatic heterocycles. The summed E-state index contributed by atoms with van der Waals surface area (Å²) in [6, 6.07) is 0. The number of aliphatic hydroxyl groups is 1. The van der Waals surface area contributed by atoms with Gasteiger partial charge in [-0.3, -0.25) is 0 Å². The SMILES string of the molecule is C=C(OS(=O)(=O)C(F)(F)F)C(C)CC1CCC2OC(CCCO)CC2(CI)O1. The van der Waals surface area contributed by atoms with Crippen molar-refractivity contribution in [1.29, 1.82) is 0 Å². The predicted molar refractivity (Wildman–Crippen MR) is 104 cm³/mol. The van der Waals surface area contributed by atoms with Crippen molar-refractivity contribution < 1.29 is 40.4 Å². The van der Waals surface area contributed by atoms with Crippen LogP contribution in [-0.4, -0.2) is 54.0 Å². The Hall–Kier alpha value is -0.110. The number of halogens is 4. The Labute approximate surface area is 177 Å². The number of hydrogen-bond donors (Lipinski definition) is 1. The van der Waals surface area contributed by atoms with E-state index in [1.807, 2.05) is 0 Å². The highest BCUT2D eigenvalue weighted by molar-refractivity contribution is 14.1. The number of rotatable bonds is 9. The Balaban J connectivity index is 1.96. The molecule has 2 heterocycles. The molecular weight excluding hydrogens is 516 g/mol. The summed E-state index contributed by atoms with van der Waals surface area (Å²) in [5, 5.41) is 9.01. The van der Waals surface area contributed by atoms with Crippen molar-refractivity contribution in [2.24, 2.45) is 5.92 Å². The van der Waals surface area contributed by atoms with Crippen LogP contribution in [0.5, 0.6) is 0 Å². The quantitative estimate of drug-likeness (QED) is 0.158. The first-order chi connectivity index (χ1) is 12.9. The second-order valence-corrected chi connectivity index (χ2v) is 9.72. The van der Waals surface area contributed by atoms with Gasteiger partial charge in [0, 0.05) is 23.4 Å². The molecule has 0 saturated carbocycles. The molecular formula is C17H26F3IO6S. The van der Waals surface area contributed by atoms with Crippen molar-refractivity contribution in [2.45, 2.75) is 74.9 Å². The number of hydrogen-bond acceptors (Lipinski definition) is 6.